The molecular weight excluding hydrogens is 216 g/mol. The summed E-state index contributed by atoms with van der Waals surface area (Å²) in [6, 6.07) is 5.58. The van der Waals surface area contributed by atoms with E-state index in [0.717, 1.165) is 35.3 Å². The van der Waals surface area contributed by atoms with Crippen molar-refractivity contribution in [2.75, 3.05) is 19.4 Å². The van der Waals surface area contributed by atoms with Crippen molar-refractivity contribution in [1.29, 1.82) is 0 Å². The fraction of sp³-hybridized carbons (Fsp3) is 0.333. The van der Waals surface area contributed by atoms with Crippen LogP contribution in [0.25, 0.3) is 10.9 Å². The number of nitrogens with two attached hydrogens (primary N) is 2. The maximum absolute atomic E-state index is 5.90. The monoisotopic (exact) mass is 232 g/mol. The van der Waals surface area contributed by atoms with Crippen molar-refractivity contribution in [2.24, 2.45) is 5.73 Å². The Morgan fingerprint density at radius 3 is 2.82 bits per heavy atom. The predicted octanol–water partition coefficient (Wildman–Crippen LogP) is 1.11. The molecule has 17 heavy (non-hydrogen) atoms. The van der Waals surface area contributed by atoms with Gasteiger partial charge in [0.1, 0.15) is 17.4 Å². The van der Waals surface area contributed by atoms with Crippen LogP contribution < -0.4 is 16.2 Å². The molecule has 1 heterocycles. The van der Waals surface area contributed by atoms with Crippen LogP contribution in [0.5, 0.6) is 5.75 Å². The van der Waals surface area contributed by atoms with Crippen molar-refractivity contribution in [3.8, 4) is 5.75 Å². The molecule has 0 aliphatic carbocycles. The first-order valence-electron chi connectivity index (χ1n) is 5.55. The van der Waals surface area contributed by atoms with E-state index in [9.17, 15) is 0 Å². The molecule has 0 fully saturated rings. The third kappa shape index (κ3) is 2.45. The third-order valence-electron chi connectivity index (χ3n) is 2.58. The highest BCUT2D eigenvalue weighted by atomic mass is 16.5. The van der Waals surface area contributed by atoms with Gasteiger partial charge in [0.25, 0.3) is 0 Å². The van der Waals surface area contributed by atoms with E-state index in [0.29, 0.717) is 12.4 Å². The SMILES string of the molecule is COc1ccc2c(N)nc(CCCN)nc2c1. The molecule has 0 saturated carbocycles. The van der Waals surface area contributed by atoms with Crippen molar-refractivity contribution < 1.29 is 4.74 Å². The van der Waals surface area contributed by atoms with Crippen LogP contribution in [-0.2, 0) is 6.42 Å². The Morgan fingerprint density at radius 1 is 1.29 bits per heavy atom. The highest BCUT2D eigenvalue weighted by Gasteiger charge is 2.06. The Balaban J connectivity index is 2.46. The Morgan fingerprint density at radius 2 is 2.12 bits per heavy atom. The summed E-state index contributed by atoms with van der Waals surface area (Å²) in [5, 5.41) is 0.849. The van der Waals surface area contributed by atoms with Crippen molar-refractivity contribution in [2.45, 2.75) is 12.8 Å². The number of hydrogen-bond acceptors (Lipinski definition) is 5. The molecule has 5 nitrogen and oxygen atoms in total. The van der Waals surface area contributed by atoms with Crippen molar-refractivity contribution in [3.63, 3.8) is 0 Å². The molecule has 1 aromatic carbocycles. The molecule has 0 aliphatic heterocycles. The first kappa shape index (κ1) is 11.6. The van der Waals surface area contributed by atoms with Gasteiger partial charge in [0.05, 0.1) is 12.6 Å². The molecule has 0 saturated heterocycles. The van der Waals surface area contributed by atoms with Crippen LogP contribution in [0.15, 0.2) is 18.2 Å². The molecule has 0 aliphatic rings. The van der Waals surface area contributed by atoms with E-state index in [2.05, 4.69) is 9.97 Å². The van der Waals surface area contributed by atoms with Crippen LogP contribution in [0.2, 0.25) is 0 Å². The fourth-order valence-electron chi connectivity index (χ4n) is 1.68. The largest absolute Gasteiger partial charge is 0.497 e. The number of anilines is 1. The van der Waals surface area contributed by atoms with Crippen LogP contribution in [0.3, 0.4) is 0 Å². The highest BCUT2D eigenvalue weighted by Crippen LogP contribution is 2.22. The number of benzene rings is 1. The molecule has 0 spiro atoms. The number of fused-ring (bicyclic) bond motifs is 1. The lowest BCUT2D eigenvalue weighted by Crippen LogP contribution is -2.05. The average molecular weight is 232 g/mol. The van der Waals surface area contributed by atoms with E-state index >= 15 is 0 Å². The van der Waals surface area contributed by atoms with E-state index < -0.39 is 0 Å². The maximum atomic E-state index is 5.90. The zero-order valence-electron chi connectivity index (χ0n) is 9.81. The van der Waals surface area contributed by atoms with Crippen LogP contribution in [0, 0.1) is 0 Å². The quantitative estimate of drug-likeness (QED) is 0.824. The van der Waals surface area contributed by atoms with Gasteiger partial charge in [-0.2, -0.15) is 0 Å². The van der Waals surface area contributed by atoms with Gasteiger partial charge in [-0.1, -0.05) is 0 Å². The van der Waals surface area contributed by atoms with E-state index in [1.807, 2.05) is 18.2 Å². The van der Waals surface area contributed by atoms with Gasteiger partial charge in [-0.25, -0.2) is 9.97 Å². The lowest BCUT2D eigenvalue weighted by molar-refractivity contribution is 0.415. The topological polar surface area (TPSA) is 87.0 Å². The van der Waals surface area contributed by atoms with Crippen LogP contribution in [0.1, 0.15) is 12.2 Å². The summed E-state index contributed by atoms with van der Waals surface area (Å²) < 4.78 is 5.16. The molecule has 4 N–H and O–H groups in total. The number of aromatic nitrogens is 2. The number of ether oxygens (including phenoxy) is 1. The number of rotatable bonds is 4. The average Bonchev–Trinajstić information content (AvgIpc) is 2.35. The Hall–Kier alpha value is -1.88. The van der Waals surface area contributed by atoms with Gasteiger partial charge >= 0.3 is 0 Å². The number of nitrogens with zero attached hydrogens (tertiary/aromatic N) is 2. The molecule has 0 bridgehead atoms. The van der Waals surface area contributed by atoms with Gasteiger partial charge in [-0.15, -0.1) is 0 Å². The smallest absolute Gasteiger partial charge is 0.135 e. The standard InChI is InChI=1S/C12H16N4O/c1-17-8-4-5-9-10(7-8)15-11(3-2-6-13)16-12(9)14/h4-5,7H,2-3,6,13H2,1H3,(H2,14,15,16). The first-order valence-corrected chi connectivity index (χ1v) is 5.55. The third-order valence-corrected chi connectivity index (χ3v) is 2.58. The summed E-state index contributed by atoms with van der Waals surface area (Å²) in [5.41, 5.74) is 12.2. The zero-order valence-corrected chi connectivity index (χ0v) is 9.81. The summed E-state index contributed by atoms with van der Waals surface area (Å²) in [5.74, 6) is 2.00. The lowest BCUT2D eigenvalue weighted by atomic mass is 10.2. The second-order valence-corrected chi connectivity index (χ2v) is 3.80. The molecular formula is C12H16N4O. The lowest BCUT2D eigenvalue weighted by Gasteiger charge is -2.06. The number of nitrogen functional groups attached to an aromatic ring is 1. The second-order valence-electron chi connectivity index (χ2n) is 3.80. The number of hydrogen-bond donors (Lipinski definition) is 2. The van der Waals surface area contributed by atoms with E-state index in [1.54, 1.807) is 7.11 Å². The highest BCUT2D eigenvalue weighted by molar-refractivity contribution is 5.88. The minimum absolute atomic E-state index is 0.504. The van der Waals surface area contributed by atoms with Gasteiger partial charge in [-0.3, -0.25) is 0 Å². The minimum Gasteiger partial charge on any atom is -0.497 e. The summed E-state index contributed by atoms with van der Waals surface area (Å²) in [7, 11) is 1.63. The molecule has 0 atom stereocenters. The van der Waals surface area contributed by atoms with Crippen LogP contribution in [-0.4, -0.2) is 23.6 Å². The Kier molecular flexibility index (Phi) is 3.39. The van der Waals surface area contributed by atoms with Gasteiger partial charge < -0.3 is 16.2 Å². The van der Waals surface area contributed by atoms with E-state index in [1.165, 1.54) is 0 Å². The summed E-state index contributed by atoms with van der Waals surface area (Å²) >= 11 is 0. The minimum atomic E-state index is 0.504. The summed E-state index contributed by atoms with van der Waals surface area (Å²) in [6.45, 7) is 0.624. The van der Waals surface area contributed by atoms with Crippen LogP contribution in [0.4, 0.5) is 5.82 Å². The molecule has 2 rings (SSSR count). The molecule has 0 unspecified atom stereocenters. The molecule has 90 valence electrons. The van der Waals surface area contributed by atoms with Crippen molar-refractivity contribution in [3.05, 3.63) is 24.0 Å². The maximum Gasteiger partial charge on any atom is 0.135 e. The second kappa shape index (κ2) is 4.97. The zero-order chi connectivity index (χ0) is 12.3. The normalized spacial score (nSPS) is 10.7. The fourth-order valence-corrected chi connectivity index (χ4v) is 1.68. The molecule has 2 aromatic rings. The van der Waals surface area contributed by atoms with E-state index in [4.69, 9.17) is 16.2 Å². The van der Waals surface area contributed by atoms with Gasteiger partial charge in [0, 0.05) is 17.9 Å². The molecule has 0 amide bonds. The number of aryl methyl sites for hydroxylation is 1. The molecule has 5 heteroatoms. The number of methoxy groups -OCH3 is 1. The molecule has 0 radical (unpaired) electrons. The van der Waals surface area contributed by atoms with Gasteiger partial charge in [0.15, 0.2) is 0 Å². The summed E-state index contributed by atoms with van der Waals surface area (Å²) in [4.78, 5) is 8.72. The molecule has 1 aromatic heterocycles. The Labute approximate surface area is 99.8 Å². The Bertz CT molecular complexity index is 527. The van der Waals surface area contributed by atoms with Crippen molar-refractivity contribution >= 4 is 16.7 Å². The first-order chi connectivity index (χ1) is 8.24. The summed E-state index contributed by atoms with van der Waals surface area (Å²) in [6.07, 6.45) is 1.60. The van der Waals surface area contributed by atoms with Gasteiger partial charge in [-0.05, 0) is 25.1 Å². The predicted molar refractivity (Wildman–Crippen MR) is 67.9 cm³/mol. The van der Waals surface area contributed by atoms with Crippen molar-refractivity contribution in [1.82, 2.24) is 9.97 Å². The van der Waals surface area contributed by atoms with E-state index in [-0.39, 0.29) is 0 Å². The van der Waals surface area contributed by atoms with Crippen LogP contribution >= 0.6 is 0 Å². The van der Waals surface area contributed by atoms with Gasteiger partial charge in [0.2, 0.25) is 0 Å².